The smallest absolute Gasteiger partial charge is 0.322 e. The van der Waals surface area contributed by atoms with Gasteiger partial charge in [0.15, 0.2) is 11.5 Å². The summed E-state index contributed by atoms with van der Waals surface area (Å²) in [5, 5.41) is 3.08. The highest BCUT2D eigenvalue weighted by molar-refractivity contribution is 5.90. The predicted molar refractivity (Wildman–Crippen MR) is 142 cm³/mol. The van der Waals surface area contributed by atoms with Gasteiger partial charge < -0.3 is 29.2 Å². The lowest BCUT2D eigenvalue weighted by molar-refractivity contribution is 0.194. The number of amides is 2. The number of rotatable bonds is 5. The lowest BCUT2D eigenvalue weighted by Gasteiger charge is -2.31. The Hall–Kier alpha value is -4.39. The Morgan fingerprint density at radius 3 is 2.39 bits per heavy atom. The van der Waals surface area contributed by atoms with Crippen LogP contribution in [0.25, 0.3) is 5.69 Å². The third kappa shape index (κ3) is 4.24. The van der Waals surface area contributed by atoms with Crippen molar-refractivity contribution in [2.75, 3.05) is 38.5 Å². The molecule has 36 heavy (non-hydrogen) atoms. The lowest BCUT2D eigenvalue weighted by Crippen LogP contribution is -2.37. The van der Waals surface area contributed by atoms with Gasteiger partial charge in [0.1, 0.15) is 0 Å². The standard InChI is InChI=1S/C29H30N4O3/c1-31(2)23-14-11-20(12-15-23)28-25-10-7-17-32(25)24-9-6-5-8-21(24)19-33(28)29(34)30-22-13-16-26(35-3)27(18-22)36-4/h5-18,28H,19H2,1-4H3,(H,30,34)/t28-/m0/s1. The van der Waals surface area contributed by atoms with Crippen molar-refractivity contribution in [1.82, 2.24) is 9.47 Å². The number of fused-ring (bicyclic) bond motifs is 3. The normalized spacial score (nSPS) is 14.3. The monoisotopic (exact) mass is 482 g/mol. The highest BCUT2D eigenvalue weighted by Gasteiger charge is 2.33. The molecule has 7 heteroatoms. The van der Waals surface area contributed by atoms with E-state index in [1.807, 2.05) is 43.3 Å². The fraction of sp³-hybridized carbons (Fsp3) is 0.207. The number of benzene rings is 3. The first-order valence-electron chi connectivity index (χ1n) is 11.8. The van der Waals surface area contributed by atoms with E-state index in [2.05, 4.69) is 63.4 Å². The van der Waals surface area contributed by atoms with Gasteiger partial charge in [-0.15, -0.1) is 0 Å². The zero-order valence-electron chi connectivity index (χ0n) is 20.9. The van der Waals surface area contributed by atoms with E-state index in [0.29, 0.717) is 23.7 Å². The molecule has 5 rings (SSSR count). The number of urea groups is 1. The van der Waals surface area contributed by atoms with E-state index >= 15 is 0 Å². The Balaban J connectivity index is 1.58. The van der Waals surface area contributed by atoms with Gasteiger partial charge in [0.05, 0.1) is 32.5 Å². The van der Waals surface area contributed by atoms with Gasteiger partial charge >= 0.3 is 6.03 Å². The molecular weight excluding hydrogens is 452 g/mol. The van der Waals surface area contributed by atoms with Crippen molar-refractivity contribution in [2.45, 2.75) is 12.6 Å². The zero-order valence-corrected chi connectivity index (χ0v) is 20.9. The number of carbonyl (C=O) groups excluding carboxylic acids is 1. The summed E-state index contributed by atoms with van der Waals surface area (Å²) in [7, 11) is 7.21. The molecule has 0 spiro atoms. The number of ether oxygens (including phenoxy) is 2. The average molecular weight is 483 g/mol. The minimum absolute atomic E-state index is 0.201. The highest BCUT2D eigenvalue weighted by atomic mass is 16.5. The largest absolute Gasteiger partial charge is 0.493 e. The van der Waals surface area contributed by atoms with Gasteiger partial charge in [0.25, 0.3) is 0 Å². The topological polar surface area (TPSA) is 59.0 Å². The van der Waals surface area contributed by atoms with Crippen LogP contribution in [0.2, 0.25) is 0 Å². The van der Waals surface area contributed by atoms with Gasteiger partial charge in [-0.1, -0.05) is 30.3 Å². The Labute approximate surface area is 211 Å². The number of methoxy groups -OCH3 is 2. The summed E-state index contributed by atoms with van der Waals surface area (Å²) in [5.74, 6) is 1.16. The zero-order chi connectivity index (χ0) is 25.2. The van der Waals surface area contributed by atoms with Crippen molar-refractivity contribution in [3.63, 3.8) is 0 Å². The van der Waals surface area contributed by atoms with Gasteiger partial charge in [0, 0.05) is 43.4 Å². The molecule has 0 saturated heterocycles. The molecule has 0 aliphatic carbocycles. The second-order valence-electron chi connectivity index (χ2n) is 8.95. The first-order valence-corrected chi connectivity index (χ1v) is 11.8. The summed E-state index contributed by atoms with van der Waals surface area (Å²) < 4.78 is 13.0. The molecule has 7 nitrogen and oxygen atoms in total. The summed E-state index contributed by atoms with van der Waals surface area (Å²) in [5.41, 5.74) is 5.95. The molecule has 184 valence electrons. The fourth-order valence-corrected chi connectivity index (χ4v) is 4.75. The number of anilines is 2. The summed E-state index contributed by atoms with van der Waals surface area (Å²) >= 11 is 0. The van der Waals surface area contributed by atoms with Crippen molar-refractivity contribution in [2.24, 2.45) is 0 Å². The second-order valence-corrected chi connectivity index (χ2v) is 8.95. The number of hydrogen-bond donors (Lipinski definition) is 1. The van der Waals surface area contributed by atoms with Crippen LogP contribution in [0.1, 0.15) is 22.9 Å². The van der Waals surface area contributed by atoms with Crippen LogP contribution < -0.4 is 19.7 Å². The minimum Gasteiger partial charge on any atom is -0.493 e. The maximum Gasteiger partial charge on any atom is 0.322 e. The maximum absolute atomic E-state index is 13.9. The van der Waals surface area contributed by atoms with Crippen molar-refractivity contribution >= 4 is 17.4 Å². The summed E-state index contributed by atoms with van der Waals surface area (Å²) in [4.78, 5) is 17.9. The second kappa shape index (κ2) is 9.70. The molecule has 2 amide bonds. The first-order chi connectivity index (χ1) is 17.5. The molecule has 0 saturated carbocycles. The number of nitrogens with zero attached hydrogens (tertiary/aromatic N) is 3. The van der Waals surface area contributed by atoms with Crippen molar-refractivity contribution in [3.8, 4) is 17.2 Å². The highest BCUT2D eigenvalue weighted by Crippen LogP contribution is 2.38. The third-order valence-corrected chi connectivity index (χ3v) is 6.58. The summed E-state index contributed by atoms with van der Waals surface area (Å²) in [6.45, 7) is 0.455. The molecule has 1 atom stereocenters. The molecule has 0 fully saturated rings. The minimum atomic E-state index is -0.288. The van der Waals surface area contributed by atoms with Crippen LogP contribution in [0, 0.1) is 0 Å². The van der Waals surface area contributed by atoms with Gasteiger partial charge in [-0.3, -0.25) is 0 Å². The molecule has 0 radical (unpaired) electrons. The van der Waals surface area contributed by atoms with Gasteiger partial charge in [-0.2, -0.15) is 0 Å². The Kier molecular flexibility index (Phi) is 6.29. The molecule has 1 aromatic heterocycles. The van der Waals surface area contributed by atoms with E-state index in [1.54, 1.807) is 26.4 Å². The van der Waals surface area contributed by atoms with Gasteiger partial charge in [-0.05, 0) is 53.6 Å². The number of nitrogens with one attached hydrogen (secondary N) is 1. The van der Waals surface area contributed by atoms with E-state index < -0.39 is 0 Å². The Morgan fingerprint density at radius 1 is 0.917 bits per heavy atom. The first kappa shape index (κ1) is 23.4. The summed E-state index contributed by atoms with van der Waals surface area (Å²) in [6.07, 6.45) is 2.06. The van der Waals surface area contributed by atoms with Crippen LogP contribution in [0.4, 0.5) is 16.2 Å². The van der Waals surface area contributed by atoms with E-state index in [4.69, 9.17) is 9.47 Å². The summed E-state index contributed by atoms with van der Waals surface area (Å²) in [6, 6.07) is 25.6. The quantitative estimate of drug-likeness (QED) is 0.397. The molecule has 2 heterocycles. The van der Waals surface area contributed by atoms with Gasteiger partial charge in [-0.25, -0.2) is 4.79 Å². The molecule has 3 aromatic carbocycles. The molecule has 0 unspecified atom stereocenters. The SMILES string of the molecule is COc1ccc(NC(=O)N2Cc3ccccc3-n3cccc3[C@@H]2c2ccc(N(C)C)cc2)cc1OC. The molecule has 1 aliphatic heterocycles. The van der Waals surface area contributed by atoms with Crippen LogP contribution in [0.15, 0.2) is 85.1 Å². The Morgan fingerprint density at radius 2 is 1.67 bits per heavy atom. The average Bonchev–Trinajstić information content (AvgIpc) is 3.32. The van der Waals surface area contributed by atoms with Crippen molar-refractivity contribution in [3.05, 3.63) is 102 Å². The molecule has 1 N–H and O–H groups in total. The van der Waals surface area contributed by atoms with Crippen LogP contribution >= 0.6 is 0 Å². The van der Waals surface area contributed by atoms with E-state index in [-0.39, 0.29) is 12.1 Å². The van der Waals surface area contributed by atoms with Crippen LogP contribution in [0.3, 0.4) is 0 Å². The predicted octanol–water partition coefficient (Wildman–Crippen LogP) is 5.70. The molecule has 4 aromatic rings. The van der Waals surface area contributed by atoms with Gasteiger partial charge in [0.2, 0.25) is 0 Å². The molecule has 1 aliphatic rings. The van der Waals surface area contributed by atoms with E-state index in [1.165, 1.54) is 0 Å². The molecular formula is C29H30N4O3. The number of aromatic nitrogens is 1. The number of hydrogen-bond acceptors (Lipinski definition) is 4. The van der Waals surface area contributed by atoms with Crippen LogP contribution in [-0.2, 0) is 6.54 Å². The number of carbonyl (C=O) groups is 1. The third-order valence-electron chi connectivity index (χ3n) is 6.58. The maximum atomic E-state index is 13.9. The molecule has 0 bridgehead atoms. The van der Waals surface area contributed by atoms with Crippen molar-refractivity contribution < 1.29 is 14.3 Å². The Bertz CT molecular complexity index is 1380. The number of para-hydroxylation sites is 1. The van der Waals surface area contributed by atoms with Crippen LogP contribution in [-0.4, -0.2) is 43.8 Å². The van der Waals surface area contributed by atoms with Crippen LogP contribution in [0.5, 0.6) is 11.5 Å². The van der Waals surface area contributed by atoms with E-state index in [0.717, 1.165) is 28.2 Å². The van der Waals surface area contributed by atoms with E-state index in [9.17, 15) is 4.79 Å². The van der Waals surface area contributed by atoms with Crippen molar-refractivity contribution in [1.29, 1.82) is 0 Å². The lowest BCUT2D eigenvalue weighted by atomic mass is 10.0. The fourth-order valence-electron chi connectivity index (χ4n) is 4.75.